The van der Waals surface area contributed by atoms with E-state index in [1.807, 2.05) is 24.3 Å². The highest BCUT2D eigenvalue weighted by Crippen LogP contribution is 2.09. The third-order valence-corrected chi connectivity index (χ3v) is 1.53. The van der Waals surface area contributed by atoms with E-state index in [1.54, 1.807) is 18.5 Å². The molecule has 63 valence electrons. The van der Waals surface area contributed by atoms with Crippen LogP contribution in [0.4, 0.5) is 11.6 Å². The zero-order valence-corrected chi connectivity index (χ0v) is 6.94. The first-order valence-electron chi connectivity index (χ1n) is 3.95. The Morgan fingerprint density at radius 1 is 1.15 bits per heavy atom. The summed E-state index contributed by atoms with van der Waals surface area (Å²) in [6, 6.07) is 12.3. The van der Waals surface area contributed by atoms with Crippen LogP contribution in [0.15, 0.2) is 42.7 Å². The molecular weight excluding hydrogens is 162 g/mol. The van der Waals surface area contributed by atoms with Crippen molar-refractivity contribution in [3.63, 3.8) is 0 Å². The molecule has 0 aliphatic rings. The van der Waals surface area contributed by atoms with Crippen molar-refractivity contribution < 1.29 is 0 Å². The summed E-state index contributed by atoms with van der Waals surface area (Å²) in [5, 5.41) is 3.05. The van der Waals surface area contributed by atoms with Gasteiger partial charge in [0.1, 0.15) is 0 Å². The van der Waals surface area contributed by atoms with Crippen LogP contribution >= 0.6 is 0 Å². The van der Waals surface area contributed by atoms with Crippen molar-refractivity contribution in [1.29, 1.82) is 0 Å². The van der Waals surface area contributed by atoms with Gasteiger partial charge in [-0.2, -0.15) is 0 Å². The zero-order chi connectivity index (χ0) is 8.93. The normalized spacial score (nSPS) is 9.54. The summed E-state index contributed by atoms with van der Waals surface area (Å²) < 4.78 is 0. The van der Waals surface area contributed by atoms with E-state index in [4.69, 9.17) is 0 Å². The maximum Gasteiger partial charge on any atom is 0.227 e. The maximum absolute atomic E-state index is 4.04. The third kappa shape index (κ3) is 2.02. The van der Waals surface area contributed by atoms with Gasteiger partial charge in [-0.05, 0) is 24.3 Å². The van der Waals surface area contributed by atoms with Crippen molar-refractivity contribution in [3.05, 3.63) is 48.8 Å². The number of nitrogens with one attached hydrogen (secondary N) is 1. The highest BCUT2D eigenvalue weighted by molar-refractivity contribution is 5.51. The molecule has 0 bridgehead atoms. The Morgan fingerprint density at radius 2 is 2.00 bits per heavy atom. The van der Waals surface area contributed by atoms with Crippen LogP contribution in [0, 0.1) is 6.07 Å². The molecule has 0 amide bonds. The van der Waals surface area contributed by atoms with Gasteiger partial charge in [-0.3, -0.25) is 0 Å². The minimum absolute atomic E-state index is 0.599. The predicted octanol–water partition coefficient (Wildman–Crippen LogP) is 2.02. The Kier molecular flexibility index (Phi) is 2.18. The first-order valence-corrected chi connectivity index (χ1v) is 3.95. The van der Waals surface area contributed by atoms with Gasteiger partial charge in [0, 0.05) is 18.1 Å². The van der Waals surface area contributed by atoms with Gasteiger partial charge in [0.05, 0.1) is 0 Å². The lowest BCUT2D eigenvalue weighted by Gasteiger charge is -2.01. The van der Waals surface area contributed by atoms with Gasteiger partial charge in [-0.15, -0.1) is 0 Å². The lowest BCUT2D eigenvalue weighted by molar-refractivity contribution is 1.17. The number of hydrogen-bond donors (Lipinski definition) is 1. The Hall–Kier alpha value is -1.90. The molecule has 0 saturated carbocycles. The second kappa shape index (κ2) is 3.67. The van der Waals surface area contributed by atoms with E-state index in [0.717, 1.165) is 5.69 Å². The number of benzene rings is 1. The number of aromatic nitrogens is 2. The van der Waals surface area contributed by atoms with Crippen LogP contribution in [-0.4, -0.2) is 9.97 Å². The number of hydrogen-bond acceptors (Lipinski definition) is 3. The average Bonchev–Trinajstić information content (AvgIpc) is 2.21. The zero-order valence-electron chi connectivity index (χ0n) is 6.94. The van der Waals surface area contributed by atoms with E-state index in [0.29, 0.717) is 5.95 Å². The maximum atomic E-state index is 4.04. The van der Waals surface area contributed by atoms with Crippen molar-refractivity contribution >= 4 is 11.6 Å². The van der Waals surface area contributed by atoms with Gasteiger partial charge in [0.25, 0.3) is 0 Å². The summed E-state index contributed by atoms with van der Waals surface area (Å²) in [4.78, 5) is 8.08. The molecule has 13 heavy (non-hydrogen) atoms. The second-order valence-electron chi connectivity index (χ2n) is 2.49. The predicted molar refractivity (Wildman–Crippen MR) is 50.6 cm³/mol. The molecule has 0 unspecified atom stereocenters. The number of anilines is 2. The fourth-order valence-electron chi connectivity index (χ4n) is 0.964. The van der Waals surface area contributed by atoms with Crippen molar-refractivity contribution in [2.75, 3.05) is 5.32 Å². The molecule has 1 heterocycles. The molecule has 0 aliphatic carbocycles. The van der Waals surface area contributed by atoms with E-state index in [2.05, 4.69) is 21.4 Å². The number of nitrogens with zero attached hydrogens (tertiary/aromatic N) is 2. The van der Waals surface area contributed by atoms with Crippen molar-refractivity contribution in [2.45, 2.75) is 0 Å². The van der Waals surface area contributed by atoms with E-state index < -0.39 is 0 Å². The van der Waals surface area contributed by atoms with Crippen LogP contribution in [0.2, 0.25) is 0 Å². The van der Waals surface area contributed by atoms with Gasteiger partial charge < -0.3 is 5.32 Å². The highest BCUT2D eigenvalue weighted by Gasteiger charge is 1.92. The average molecular weight is 170 g/mol. The molecule has 1 radical (unpaired) electrons. The molecule has 2 rings (SSSR count). The van der Waals surface area contributed by atoms with Crippen molar-refractivity contribution in [3.8, 4) is 0 Å². The van der Waals surface area contributed by atoms with Gasteiger partial charge in [0.2, 0.25) is 5.95 Å². The van der Waals surface area contributed by atoms with Crippen LogP contribution in [-0.2, 0) is 0 Å². The third-order valence-electron chi connectivity index (χ3n) is 1.53. The summed E-state index contributed by atoms with van der Waals surface area (Å²) in [6.07, 6.45) is 3.39. The molecule has 3 nitrogen and oxygen atoms in total. The van der Waals surface area contributed by atoms with Crippen LogP contribution in [0.1, 0.15) is 0 Å². The molecule has 0 atom stereocenters. The molecule has 1 aromatic heterocycles. The van der Waals surface area contributed by atoms with E-state index in [-0.39, 0.29) is 0 Å². The van der Waals surface area contributed by atoms with Gasteiger partial charge in [0.15, 0.2) is 0 Å². The van der Waals surface area contributed by atoms with Crippen LogP contribution in [0.25, 0.3) is 0 Å². The van der Waals surface area contributed by atoms with Gasteiger partial charge >= 0.3 is 0 Å². The summed E-state index contributed by atoms with van der Waals surface area (Å²) in [5.41, 5.74) is 0.939. The number of rotatable bonds is 2. The lowest BCUT2D eigenvalue weighted by Crippen LogP contribution is -1.94. The minimum atomic E-state index is 0.599. The Balaban J connectivity index is 2.16. The molecule has 0 spiro atoms. The Labute approximate surface area is 76.5 Å². The summed E-state index contributed by atoms with van der Waals surface area (Å²) in [7, 11) is 0. The first-order chi connectivity index (χ1) is 6.45. The Morgan fingerprint density at radius 3 is 2.69 bits per heavy atom. The monoisotopic (exact) mass is 170 g/mol. The summed E-state index contributed by atoms with van der Waals surface area (Å²) in [5.74, 6) is 0.599. The lowest BCUT2D eigenvalue weighted by atomic mass is 10.3. The SMILES string of the molecule is [c]1cccc(Nc2ncccn2)c1. The topological polar surface area (TPSA) is 37.8 Å². The molecule has 0 aliphatic heterocycles. The van der Waals surface area contributed by atoms with Crippen LogP contribution in [0.3, 0.4) is 0 Å². The Bertz CT molecular complexity index is 321. The van der Waals surface area contributed by atoms with Crippen molar-refractivity contribution in [2.24, 2.45) is 0 Å². The van der Waals surface area contributed by atoms with Crippen LogP contribution < -0.4 is 5.32 Å². The molecule has 2 aromatic rings. The minimum Gasteiger partial charge on any atom is -0.324 e. The summed E-state index contributed by atoms with van der Waals surface area (Å²) in [6.45, 7) is 0. The van der Waals surface area contributed by atoms with Crippen LogP contribution in [0.5, 0.6) is 0 Å². The fourth-order valence-corrected chi connectivity index (χ4v) is 0.964. The molecule has 3 heteroatoms. The summed E-state index contributed by atoms with van der Waals surface area (Å²) >= 11 is 0. The van der Waals surface area contributed by atoms with E-state index >= 15 is 0 Å². The molecular formula is C10H8N3. The quantitative estimate of drug-likeness (QED) is 0.749. The van der Waals surface area contributed by atoms with Crippen molar-refractivity contribution in [1.82, 2.24) is 9.97 Å². The standard InChI is InChI=1S/C10H8N3/c1-2-5-9(6-3-1)13-10-11-7-4-8-12-10/h1-2,4-8H,(H,11,12,13). The first kappa shape index (κ1) is 7.73. The largest absolute Gasteiger partial charge is 0.324 e. The van der Waals surface area contributed by atoms with Gasteiger partial charge in [-0.1, -0.05) is 12.1 Å². The highest BCUT2D eigenvalue weighted by atomic mass is 15.1. The second-order valence-corrected chi connectivity index (χ2v) is 2.49. The molecule has 1 aromatic carbocycles. The molecule has 0 saturated heterocycles. The van der Waals surface area contributed by atoms with E-state index in [9.17, 15) is 0 Å². The smallest absolute Gasteiger partial charge is 0.227 e. The molecule has 1 N–H and O–H groups in total. The molecule has 0 fully saturated rings. The van der Waals surface area contributed by atoms with Gasteiger partial charge in [-0.25, -0.2) is 9.97 Å². The van der Waals surface area contributed by atoms with E-state index in [1.165, 1.54) is 0 Å². The fraction of sp³-hybridized carbons (Fsp3) is 0.